The van der Waals surface area contributed by atoms with Crippen molar-refractivity contribution in [2.75, 3.05) is 32.7 Å². The second kappa shape index (κ2) is 12.0. The number of hydrogen-bond donors (Lipinski definition) is 1. The van der Waals surface area contributed by atoms with Gasteiger partial charge in [-0.25, -0.2) is 0 Å². The monoisotopic (exact) mass is 450 g/mol. The molecule has 2 rings (SSSR count). The number of amides is 3. The number of piperidine rings is 1. The summed E-state index contributed by atoms with van der Waals surface area (Å²) in [7, 11) is 0. The second-order valence-electron chi connectivity index (χ2n) is 10.6. The van der Waals surface area contributed by atoms with Gasteiger partial charge in [0.25, 0.3) is 0 Å². The number of carbonyl (C=O) groups is 3. The maximum Gasteiger partial charge on any atom is 0.245 e. The molecule has 0 aromatic carbocycles. The first-order chi connectivity index (χ1) is 15.1. The van der Waals surface area contributed by atoms with Crippen LogP contribution in [0, 0.1) is 17.8 Å². The lowest BCUT2D eigenvalue weighted by Gasteiger charge is -2.43. The molecule has 0 unspecified atom stereocenters. The molecule has 2 heterocycles. The highest BCUT2D eigenvalue weighted by molar-refractivity contribution is 5.90. The lowest BCUT2D eigenvalue weighted by Crippen LogP contribution is -2.63. The minimum absolute atomic E-state index is 0.0609. The van der Waals surface area contributed by atoms with E-state index in [-0.39, 0.29) is 35.7 Å². The minimum atomic E-state index is -0.408. The van der Waals surface area contributed by atoms with Crippen LogP contribution >= 0.6 is 0 Å². The van der Waals surface area contributed by atoms with Gasteiger partial charge in [-0.05, 0) is 57.8 Å². The Hall–Kier alpha value is -1.63. The number of likely N-dealkylation sites (tertiary alicyclic amines) is 1. The zero-order valence-corrected chi connectivity index (χ0v) is 21.4. The van der Waals surface area contributed by atoms with Crippen LogP contribution in [0.15, 0.2) is 0 Å². The quantitative estimate of drug-likeness (QED) is 0.586. The van der Waals surface area contributed by atoms with Crippen LogP contribution in [0.4, 0.5) is 0 Å². The molecular weight excluding hydrogens is 404 g/mol. The molecule has 3 amide bonds. The summed E-state index contributed by atoms with van der Waals surface area (Å²) in [6, 6.07) is -0.386. The molecule has 2 aliphatic heterocycles. The van der Waals surface area contributed by atoms with E-state index in [2.05, 4.69) is 33.0 Å². The molecule has 0 aliphatic carbocycles. The van der Waals surface area contributed by atoms with Gasteiger partial charge in [-0.2, -0.15) is 0 Å². The number of nitrogens with zero attached hydrogens (tertiary/aromatic N) is 3. The molecule has 32 heavy (non-hydrogen) atoms. The largest absolute Gasteiger partial charge is 0.341 e. The van der Waals surface area contributed by atoms with Crippen LogP contribution in [-0.2, 0) is 14.4 Å². The lowest BCUT2D eigenvalue weighted by atomic mass is 9.91. The first-order valence-electron chi connectivity index (χ1n) is 12.7. The summed E-state index contributed by atoms with van der Waals surface area (Å²) in [5.74, 6) is 1.16. The van der Waals surface area contributed by atoms with Crippen molar-refractivity contribution in [3.8, 4) is 0 Å². The third-order valence-corrected chi connectivity index (χ3v) is 6.93. The highest BCUT2D eigenvalue weighted by Crippen LogP contribution is 2.25. The summed E-state index contributed by atoms with van der Waals surface area (Å²) in [5.41, 5.74) is 0. The Bertz CT molecular complexity index is 641. The number of rotatable bonds is 9. The van der Waals surface area contributed by atoms with Crippen LogP contribution in [0.2, 0.25) is 0 Å². The topological polar surface area (TPSA) is 73.0 Å². The molecule has 2 atom stereocenters. The van der Waals surface area contributed by atoms with Crippen LogP contribution in [0.25, 0.3) is 0 Å². The first-order valence-corrected chi connectivity index (χ1v) is 12.7. The van der Waals surface area contributed by atoms with Crippen molar-refractivity contribution in [3.63, 3.8) is 0 Å². The van der Waals surface area contributed by atoms with Gasteiger partial charge in [0, 0.05) is 45.2 Å². The van der Waals surface area contributed by atoms with E-state index < -0.39 is 6.04 Å². The highest BCUT2D eigenvalue weighted by Gasteiger charge is 2.40. The molecule has 0 spiro atoms. The zero-order valence-electron chi connectivity index (χ0n) is 21.4. The predicted molar refractivity (Wildman–Crippen MR) is 128 cm³/mol. The third kappa shape index (κ3) is 6.69. The van der Waals surface area contributed by atoms with E-state index in [1.165, 1.54) is 0 Å². The molecule has 0 aromatic rings. The van der Waals surface area contributed by atoms with Gasteiger partial charge in [-0.1, -0.05) is 27.7 Å². The summed E-state index contributed by atoms with van der Waals surface area (Å²) in [6.07, 6.45) is 3.06. The zero-order chi connectivity index (χ0) is 24.0. The van der Waals surface area contributed by atoms with Crippen LogP contribution < -0.4 is 5.32 Å². The maximum atomic E-state index is 13.5. The van der Waals surface area contributed by atoms with Gasteiger partial charge < -0.3 is 20.0 Å². The molecule has 2 aliphatic rings. The van der Waals surface area contributed by atoms with E-state index >= 15 is 0 Å². The number of hydrogen-bond acceptors (Lipinski definition) is 4. The smallest absolute Gasteiger partial charge is 0.245 e. The van der Waals surface area contributed by atoms with E-state index in [1.807, 2.05) is 35.5 Å². The summed E-state index contributed by atoms with van der Waals surface area (Å²) in [6.45, 7) is 17.8. The molecule has 0 saturated carbocycles. The van der Waals surface area contributed by atoms with Crippen molar-refractivity contribution >= 4 is 17.7 Å². The Morgan fingerprint density at radius 2 is 1.69 bits per heavy atom. The van der Waals surface area contributed by atoms with Crippen molar-refractivity contribution < 1.29 is 14.4 Å². The highest BCUT2D eigenvalue weighted by atomic mass is 16.2. The SMILES string of the molecule is CCN(C(=O)CC1CCN(C(=O)[C@H](C(C)C)N2CCN[C@@H](CC(C)C)C2=O)CC1)C(C)C. The summed E-state index contributed by atoms with van der Waals surface area (Å²) in [5, 5.41) is 3.34. The van der Waals surface area contributed by atoms with E-state index in [0.29, 0.717) is 37.9 Å². The van der Waals surface area contributed by atoms with E-state index in [1.54, 1.807) is 0 Å². The van der Waals surface area contributed by atoms with Gasteiger partial charge in [-0.15, -0.1) is 0 Å². The molecule has 184 valence electrons. The molecule has 0 bridgehead atoms. The fourth-order valence-electron chi connectivity index (χ4n) is 5.21. The predicted octanol–water partition coefficient (Wildman–Crippen LogP) is 2.74. The second-order valence-corrected chi connectivity index (χ2v) is 10.6. The fraction of sp³-hybridized carbons (Fsp3) is 0.880. The molecule has 0 aromatic heterocycles. The number of carbonyl (C=O) groups excluding carboxylic acids is 3. The van der Waals surface area contributed by atoms with Crippen molar-refractivity contribution in [2.45, 2.75) is 92.3 Å². The van der Waals surface area contributed by atoms with Gasteiger partial charge in [0.05, 0.1) is 6.04 Å². The Morgan fingerprint density at radius 3 is 2.19 bits per heavy atom. The standard InChI is InChI=1S/C25H46N4O3/c1-8-28(19(6)7)22(30)16-20-9-12-27(13-10-20)25(32)23(18(4)5)29-14-11-26-21(24(29)31)15-17(2)3/h17-21,23,26H,8-16H2,1-7H3/t21-,23-/m0/s1. The first kappa shape index (κ1) is 26.6. The molecule has 1 N–H and O–H groups in total. The van der Waals surface area contributed by atoms with Crippen LogP contribution in [0.5, 0.6) is 0 Å². The maximum absolute atomic E-state index is 13.5. The average molecular weight is 451 g/mol. The van der Waals surface area contributed by atoms with Gasteiger partial charge in [-0.3, -0.25) is 14.4 Å². The average Bonchev–Trinajstić information content (AvgIpc) is 2.71. The van der Waals surface area contributed by atoms with Crippen molar-refractivity contribution in [1.29, 1.82) is 0 Å². The Morgan fingerprint density at radius 1 is 1.06 bits per heavy atom. The minimum Gasteiger partial charge on any atom is -0.341 e. The van der Waals surface area contributed by atoms with Crippen LogP contribution in [0.3, 0.4) is 0 Å². The van der Waals surface area contributed by atoms with E-state index in [4.69, 9.17) is 0 Å². The fourth-order valence-corrected chi connectivity index (χ4v) is 5.21. The normalized spacial score (nSPS) is 21.6. The van der Waals surface area contributed by atoms with Crippen molar-refractivity contribution in [1.82, 2.24) is 20.0 Å². The Balaban J connectivity index is 1.99. The van der Waals surface area contributed by atoms with Crippen LogP contribution in [-0.4, -0.2) is 83.3 Å². The van der Waals surface area contributed by atoms with Gasteiger partial charge in [0.2, 0.25) is 17.7 Å². The molecule has 2 saturated heterocycles. The number of piperazine rings is 1. The lowest BCUT2D eigenvalue weighted by molar-refractivity contribution is -0.151. The Kier molecular flexibility index (Phi) is 9.99. The molecule has 0 radical (unpaired) electrons. The third-order valence-electron chi connectivity index (χ3n) is 6.93. The van der Waals surface area contributed by atoms with Gasteiger partial charge in [0.15, 0.2) is 0 Å². The molecular formula is C25H46N4O3. The number of nitrogens with one attached hydrogen (secondary N) is 1. The van der Waals surface area contributed by atoms with Crippen molar-refractivity contribution in [3.05, 3.63) is 0 Å². The van der Waals surface area contributed by atoms with E-state index in [0.717, 1.165) is 32.4 Å². The molecule has 7 heteroatoms. The van der Waals surface area contributed by atoms with Gasteiger partial charge in [0.1, 0.15) is 6.04 Å². The molecule has 2 fully saturated rings. The summed E-state index contributed by atoms with van der Waals surface area (Å²) < 4.78 is 0. The Labute approximate surface area is 195 Å². The molecule has 7 nitrogen and oxygen atoms in total. The van der Waals surface area contributed by atoms with Gasteiger partial charge >= 0.3 is 0 Å². The van der Waals surface area contributed by atoms with Crippen molar-refractivity contribution in [2.24, 2.45) is 17.8 Å². The van der Waals surface area contributed by atoms with Crippen LogP contribution in [0.1, 0.15) is 74.1 Å². The summed E-state index contributed by atoms with van der Waals surface area (Å²) in [4.78, 5) is 45.0. The summed E-state index contributed by atoms with van der Waals surface area (Å²) >= 11 is 0. The van der Waals surface area contributed by atoms with E-state index in [9.17, 15) is 14.4 Å².